The predicted molar refractivity (Wildman–Crippen MR) is 147 cm³/mol. The Balaban J connectivity index is 1.62. The molecule has 0 amide bonds. The van der Waals surface area contributed by atoms with Crippen molar-refractivity contribution >= 4 is 38.9 Å². The molecule has 0 spiro atoms. The minimum atomic E-state index is -0.0473. The van der Waals surface area contributed by atoms with E-state index in [0.717, 1.165) is 0 Å². The van der Waals surface area contributed by atoms with E-state index in [1.165, 1.54) is 66.8 Å². The lowest BCUT2D eigenvalue weighted by atomic mass is 9.82. The first-order valence-corrected chi connectivity index (χ1v) is 12.3. The molecule has 1 aliphatic heterocycles. The van der Waals surface area contributed by atoms with Crippen molar-refractivity contribution in [1.82, 2.24) is 4.57 Å². The zero-order valence-electron chi connectivity index (χ0n) is 19.8. The van der Waals surface area contributed by atoms with Crippen molar-refractivity contribution in [2.24, 2.45) is 0 Å². The van der Waals surface area contributed by atoms with Gasteiger partial charge in [0.15, 0.2) is 0 Å². The number of fused-ring (bicyclic) bond motifs is 9. The van der Waals surface area contributed by atoms with Crippen LogP contribution in [0.1, 0.15) is 25.0 Å². The summed E-state index contributed by atoms with van der Waals surface area (Å²) < 4.78 is 2.49. The van der Waals surface area contributed by atoms with Crippen LogP contribution >= 0.6 is 0 Å². The quantitative estimate of drug-likeness (QED) is 0.243. The Morgan fingerprint density at radius 2 is 1.31 bits per heavy atom. The average molecular weight is 449 g/mol. The summed E-state index contributed by atoms with van der Waals surface area (Å²) in [4.78, 5) is 2.49. The van der Waals surface area contributed by atoms with E-state index in [2.05, 4.69) is 133 Å². The molecule has 0 bridgehead atoms. The third kappa shape index (κ3) is 2.25. The highest BCUT2D eigenvalue weighted by Gasteiger charge is 2.40. The Labute approximate surface area is 204 Å². The van der Waals surface area contributed by atoms with Gasteiger partial charge in [-0.2, -0.15) is 0 Å². The summed E-state index contributed by atoms with van der Waals surface area (Å²) in [5, 5.41) is 2.59. The first-order valence-electron chi connectivity index (χ1n) is 12.3. The summed E-state index contributed by atoms with van der Waals surface area (Å²) in [7, 11) is 0. The van der Waals surface area contributed by atoms with Crippen molar-refractivity contribution in [3.8, 4) is 16.8 Å². The lowest BCUT2D eigenvalue weighted by Gasteiger charge is -2.35. The summed E-state index contributed by atoms with van der Waals surface area (Å²) in [5.41, 5.74) is 12.9. The third-order valence-electron chi connectivity index (χ3n) is 8.09. The van der Waals surface area contributed by atoms with Crippen LogP contribution in [0.3, 0.4) is 0 Å². The number of para-hydroxylation sites is 3. The number of hydrogen-bond acceptors (Lipinski definition) is 1. The molecule has 2 nitrogen and oxygen atoms in total. The second-order valence-corrected chi connectivity index (χ2v) is 10.2. The summed E-state index contributed by atoms with van der Waals surface area (Å²) >= 11 is 0. The van der Waals surface area contributed by atoms with E-state index in [-0.39, 0.29) is 5.41 Å². The minimum absolute atomic E-state index is 0.0473. The molecule has 2 aliphatic rings. The van der Waals surface area contributed by atoms with Gasteiger partial charge in [0.25, 0.3) is 0 Å². The fourth-order valence-corrected chi connectivity index (χ4v) is 6.57. The summed E-state index contributed by atoms with van der Waals surface area (Å²) in [6.45, 7) is 4.72. The second kappa shape index (κ2) is 6.43. The summed E-state index contributed by atoms with van der Waals surface area (Å²) in [6, 6.07) is 40.0. The van der Waals surface area contributed by atoms with Gasteiger partial charge in [0.1, 0.15) is 0 Å². The van der Waals surface area contributed by atoms with Crippen molar-refractivity contribution in [3.05, 3.63) is 120 Å². The fourth-order valence-electron chi connectivity index (χ4n) is 6.57. The number of hydrogen-bond donors (Lipinski definition) is 0. The standard InChI is InChI=1S/C33H24N2/c1-33(2)25-16-8-6-14-24(25)30-26(33)19-20-29-32(30)34(21-11-4-3-5-12-21)28-18-10-15-23-22-13-7-9-17-27(22)35(29)31(23)28/h3-20H,1-2H3. The molecule has 0 unspecified atom stereocenters. The molecule has 0 N–H and O–H groups in total. The SMILES string of the molecule is CC1(C)c2ccccc2-c2c1ccc1c2N(c2ccccc2)c2cccc3c4ccccc4n-1c23. The Bertz CT molecular complexity index is 1820. The van der Waals surface area contributed by atoms with E-state index in [1.54, 1.807) is 0 Å². The van der Waals surface area contributed by atoms with Gasteiger partial charge in [0, 0.05) is 27.4 Å². The van der Waals surface area contributed by atoms with Crippen LogP contribution in [0.25, 0.3) is 38.6 Å². The third-order valence-corrected chi connectivity index (χ3v) is 8.09. The highest BCUT2D eigenvalue weighted by molar-refractivity contribution is 6.18. The van der Waals surface area contributed by atoms with Crippen molar-refractivity contribution < 1.29 is 0 Å². The number of benzene rings is 5. The predicted octanol–water partition coefficient (Wildman–Crippen LogP) is 8.87. The maximum Gasteiger partial charge on any atom is 0.0785 e. The molecule has 166 valence electrons. The molecule has 0 atom stereocenters. The van der Waals surface area contributed by atoms with Gasteiger partial charge in [-0.15, -0.1) is 0 Å². The Morgan fingerprint density at radius 1 is 0.571 bits per heavy atom. The molecule has 0 radical (unpaired) electrons. The van der Waals surface area contributed by atoms with Gasteiger partial charge in [-0.3, -0.25) is 0 Å². The molecular formula is C33H24N2. The summed E-state index contributed by atoms with van der Waals surface area (Å²) in [6.07, 6.45) is 0. The van der Waals surface area contributed by atoms with E-state index in [0.29, 0.717) is 0 Å². The van der Waals surface area contributed by atoms with Crippen molar-refractivity contribution in [2.75, 3.05) is 4.90 Å². The molecule has 2 heterocycles. The van der Waals surface area contributed by atoms with Crippen LogP contribution in [0.4, 0.5) is 17.1 Å². The van der Waals surface area contributed by atoms with E-state index < -0.39 is 0 Å². The lowest BCUT2D eigenvalue weighted by molar-refractivity contribution is 0.660. The molecule has 0 fully saturated rings. The number of anilines is 3. The van der Waals surface area contributed by atoms with Gasteiger partial charge in [-0.1, -0.05) is 92.7 Å². The van der Waals surface area contributed by atoms with Crippen molar-refractivity contribution in [3.63, 3.8) is 0 Å². The maximum atomic E-state index is 2.49. The van der Waals surface area contributed by atoms with Crippen LogP contribution in [-0.4, -0.2) is 4.57 Å². The Morgan fingerprint density at radius 3 is 2.20 bits per heavy atom. The zero-order chi connectivity index (χ0) is 23.3. The van der Waals surface area contributed by atoms with E-state index in [1.807, 2.05) is 0 Å². The highest BCUT2D eigenvalue weighted by Crippen LogP contribution is 2.58. The molecule has 5 aromatic carbocycles. The molecule has 0 saturated carbocycles. The molecule has 2 heteroatoms. The van der Waals surface area contributed by atoms with Gasteiger partial charge < -0.3 is 9.47 Å². The molecule has 35 heavy (non-hydrogen) atoms. The number of rotatable bonds is 1. The minimum Gasteiger partial charge on any atom is -0.306 e. The van der Waals surface area contributed by atoms with Crippen LogP contribution in [0.5, 0.6) is 0 Å². The van der Waals surface area contributed by atoms with Crippen molar-refractivity contribution in [2.45, 2.75) is 19.3 Å². The summed E-state index contributed by atoms with van der Waals surface area (Å²) in [5.74, 6) is 0. The van der Waals surface area contributed by atoms with Gasteiger partial charge in [-0.25, -0.2) is 0 Å². The monoisotopic (exact) mass is 448 g/mol. The second-order valence-electron chi connectivity index (χ2n) is 10.2. The number of aromatic nitrogens is 1. The molecule has 1 aromatic heterocycles. The van der Waals surface area contributed by atoms with Crippen LogP contribution in [0.15, 0.2) is 109 Å². The van der Waals surface area contributed by atoms with Crippen LogP contribution in [-0.2, 0) is 5.41 Å². The zero-order valence-corrected chi connectivity index (χ0v) is 19.8. The lowest BCUT2D eigenvalue weighted by Crippen LogP contribution is -2.20. The molecule has 6 aromatic rings. The normalized spacial score (nSPS) is 14.7. The van der Waals surface area contributed by atoms with E-state index in [4.69, 9.17) is 0 Å². The fraction of sp³-hybridized carbons (Fsp3) is 0.0909. The molecule has 1 aliphatic carbocycles. The first kappa shape index (κ1) is 19.1. The highest BCUT2D eigenvalue weighted by atomic mass is 15.2. The molecular weight excluding hydrogens is 424 g/mol. The first-order chi connectivity index (χ1) is 17.2. The van der Waals surface area contributed by atoms with Gasteiger partial charge in [0.05, 0.1) is 28.1 Å². The van der Waals surface area contributed by atoms with E-state index >= 15 is 0 Å². The Hall–Kier alpha value is -4.30. The molecule has 8 rings (SSSR count). The topological polar surface area (TPSA) is 8.17 Å². The van der Waals surface area contributed by atoms with E-state index in [9.17, 15) is 0 Å². The molecule has 0 saturated heterocycles. The van der Waals surface area contributed by atoms with Crippen molar-refractivity contribution in [1.29, 1.82) is 0 Å². The maximum absolute atomic E-state index is 2.49. The van der Waals surface area contributed by atoms with Gasteiger partial charge in [-0.05, 0) is 47.0 Å². The van der Waals surface area contributed by atoms with Crippen LogP contribution < -0.4 is 4.90 Å². The van der Waals surface area contributed by atoms with Gasteiger partial charge >= 0.3 is 0 Å². The van der Waals surface area contributed by atoms with Gasteiger partial charge in [0.2, 0.25) is 0 Å². The largest absolute Gasteiger partial charge is 0.306 e. The number of nitrogens with zero attached hydrogens (tertiary/aromatic N) is 2. The smallest absolute Gasteiger partial charge is 0.0785 e. The average Bonchev–Trinajstić information content (AvgIpc) is 3.36. The van der Waals surface area contributed by atoms with Crippen LogP contribution in [0, 0.1) is 0 Å². The van der Waals surface area contributed by atoms with Crippen LogP contribution in [0.2, 0.25) is 0 Å². The Kier molecular flexibility index (Phi) is 3.50.